The van der Waals surface area contributed by atoms with Crippen LogP contribution in [0.3, 0.4) is 0 Å². The van der Waals surface area contributed by atoms with Gasteiger partial charge in [0.2, 0.25) is 35.4 Å². The average Bonchev–Trinajstić information content (AvgIpc) is 1.64. The number of phenolic OH excluding ortho intramolecular Hbond substituents is 1. The highest BCUT2D eigenvalue weighted by atomic mass is 32.2. The molecule has 1 unspecified atom stereocenters. The summed E-state index contributed by atoms with van der Waals surface area (Å²) >= 11 is 0. The maximum Gasteiger partial charge on any atom is 0.411 e. The molecule has 1 aromatic heterocycles. The van der Waals surface area contributed by atoms with Gasteiger partial charge in [0.1, 0.15) is 53.6 Å². The van der Waals surface area contributed by atoms with E-state index < -0.39 is 235 Å². The molecule has 3 aromatic carbocycles. The van der Waals surface area contributed by atoms with Crippen molar-refractivity contribution in [2.45, 2.75) is 153 Å². The molecule has 4 aromatic rings. The SMILES string of the molecule is CC[C@@H](C)[C@@H]1NC(=O)CCC(=O)[C@H]2CC(=O)[C@H]([C@H](C)[C@H](O)COC(=O)Nc3ccc(C(C)=NCC(=O)c4ccc(CC(=O)CCCCCN5C(=O)C=CC5=O)cc4[N+](=O)[O-])cc3)NC(=O)[C@@H]3C[C@@H](O)CN3C(=O)[C@H](CC(N)=O)NC(=O)[C@H](CC(=O)CNC1=O)CS(=O)c1[nH]c3cc(O)ccc3c1C2. The molecular weight excluding hydrogens is 1360 g/mol. The van der Waals surface area contributed by atoms with Gasteiger partial charge in [-0.25, -0.2) is 4.79 Å². The normalized spacial score (nSPS) is 23.0. The van der Waals surface area contributed by atoms with Crippen LogP contribution in [0.25, 0.3) is 10.9 Å². The van der Waals surface area contributed by atoms with Crippen LogP contribution in [0.1, 0.15) is 125 Å². The Morgan fingerprint density at radius 3 is 2.25 bits per heavy atom. The number of imide groups is 1. The fraction of sp³-hybridized carbons (Fsp3) is 0.471. The van der Waals surface area contributed by atoms with E-state index >= 15 is 4.79 Å². The number of anilines is 1. The van der Waals surface area contributed by atoms with Crippen LogP contribution in [0.2, 0.25) is 0 Å². The number of nitrogens with one attached hydrogen (secondary N) is 6. The quantitative estimate of drug-likeness (QED) is 0.0134. The zero-order valence-corrected chi connectivity index (χ0v) is 57.9. The number of aromatic hydroxyl groups is 1. The molecule has 33 heteroatoms. The highest BCUT2D eigenvalue weighted by Crippen LogP contribution is 2.34. The number of aliphatic hydroxyl groups is 2. The Bertz CT molecular complexity index is 4100. The van der Waals surface area contributed by atoms with Crippen molar-refractivity contribution in [1.29, 1.82) is 0 Å². The minimum atomic E-state index is -2.37. The summed E-state index contributed by atoms with van der Waals surface area (Å²) in [6, 6.07) is 7.21. The number of carbonyl (C=O) groups is 14. The van der Waals surface area contributed by atoms with Gasteiger partial charge in [-0.05, 0) is 79.1 Å². The third-order valence-corrected chi connectivity index (χ3v) is 20.3. The highest BCUT2D eigenvalue weighted by molar-refractivity contribution is 7.85. The van der Waals surface area contributed by atoms with Gasteiger partial charge in [-0.3, -0.25) is 91.9 Å². The molecule has 103 heavy (non-hydrogen) atoms. The number of aromatic amines is 1. The van der Waals surface area contributed by atoms with E-state index in [2.05, 4.69) is 36.6 Å². The van der Waals surface area contributed by atoms with Crippen LogP contribution in [0.5, 0.6) is 5.75 Å². The van der Waals surface area contributed by atoms with Gasteiger partial charge in [0.25, 0.3) is 17.5 Å². The monoisotopic (exact) mass is 1450 g/mol. The van der Waals surface area contributed by atoms with Crippen molar-refractivity contribution < 1.29 is 96.3 Å². The molecule has 9 amide bonds. The number of hydrogen-bond donors (Lipinski definition) is 10. The number of ether oxygens (including phenoxy) is 1. The third kappa shape index (κ3) is 20.6. The second-order valence-electron chi connectivity index (χ2n) is 26.3. The summed E-state index contributed by atoms with van der Waals surface area (Å²) in [7, 11) is -2.37. The highest BCUT2D eigenvalue weighted by Gasteiger charge is 2.45. The molecule has 11 N–H and O–H groups in total. The summed E-state index contributed by atoms with van der Waals surface area (Å²) in [5.41, 5.74) is 6.41. The molecule has 550 valence electrons. The van der Waals surface area contributed by atoms with Gasteiger partial charge >= 0.3 is 6.09 Å². The number of aliphatic imine (C=N–C) groups is 1. The molecule has 1 saturated heterocycles. The van der Waals surface area contributed by atoms with Gasteiger partial charge < -0.3 is 56.9 Å². The first-order chi connectivity index (χ1) is 48.9. The summed E-state index contributed by atoms with van der Waals surface area (Å²) in [5.74, 6) is -16.1. The van der Waals surface area contributed by atoms with Gasteiger partial charge in [0.05, 0.1) is 63.9 Å². The number of nitrogens with two attached hydrogens (primary N) is 1. The molecule has 11 atom stereocenters. The van der Waals surface area contributed by atoms with Crippen molar-refractivity contribution in [1.82, 2.24) is 36.1 Å². The lowest BCUT2D eigenvalue weighted by atomic mass is 9.83. The predicted octanol–water partition coefficient (Wildman–Crippen LogP) is 1.95. The van der Waals surface area contributed by atoms with Crippen molar-refractivity contribution >= 4 is 121 Å². The number of unbranched alkanes of at least 4 members (excludes halogenated alkanes) is 2. The molecule has 8 rings (SSSR count). The van der Waals surface area contributed by atoms with Gasteiger partial charge in [0.15, 0.2) is 17.3 Å². The number of primary amides is 1. The Morgan fingerprint density at radius 2 is 1.56 bits per heavy atom. The summed E-state index contributed by atoms with van der Waals surface area (Å²) < 4.78 is 20.4. The fourth-order valence-corrected chi connectivity index (χ4v) is 14.2. The Morgan fingerprint density at radius 1 is 0.845 bits per heavy atom. The zero-order chi connectivity index (χ0) is 75.1. The number of nitrogens with zero attached hydrogens (tertiary/aromatic N) is 4. The van der Waals surface area contributed by atoms with E-state index in [1.165, 1.54) is 73.7 Å². The minimum absolute atomic E-state index is 0.128. The molecule has 2 bridgehead atoms. The van der Waals surface area contributed by atoms with Crippen LogP contribution in [-0.4, -0.2) is 202 Å². The number of fused-ring (bicyclic) bond motifs is 5. The van der Waals surface area contributed by atoms with Crippen molar-refractivity contribution in [2.75, 3.05) is 43.9 Å². The second-order valence-corrected chi connectivity index (χ2v) is 27.7. The predicted molar refractivity (Wildman–Crippen MR) is 368 cm³/mol. The molecule has 32 nitrogen and oxygen atoms in total. The molecule has 4 aliphatic heterocycles. The Kier molecular flexibility index (Phi) is 26.8. The van der Waals surface area contributed by atoms with E-state index in [9.17, 15) is 92.0 Å². The molecular formula is C70H83N11O21S. The van der Waals surface area contributed by atoms with Crippen LogP contribution < -0.4 is 32.3 Å². The molecule has 0 saturated carbocycles. The van der Waals surface area contributed by atoms with Gasteiger partial charge in [-0.15, -0.1) is 0 Å². The number of amides is 9. The minimum Gasteiger partial charge on any atom is -0.508 e. The summed E-state index contributed by atoms with van der Waals surface area (Å²) in [6.07, 6.45) is -4.48. The van der Waals surface area contributed by atoms with Gasteiger partial charge in [-0.1, -0.05) is 51.8 Å². The van der Waals surface area contributed by atoms with Crippen LogP contribution in [0.4, 0.5) is 16.2 Å². The first-order valence-electron chi connectivity index (χ1n) is 33.7. The number of Topliss-reactive ketones (excluding diaryl/α,β-unsaturated/α-hetero) is 5. The van der Waals surface area contributed by atoms with E-state index in [1.54, 1.807) is 20.8 Å². The van der Waals surface area contributed by atoms with E-state index in [0.29, 0.717) is 42.5 Å². The second kappa shape index (κ2) is 35.4. The maximum atomic E-state index is 15.3. The van der Waals surface area contributed by atoms with Crippen molar-refractivity contribution in [3.63, 3.8) is 0 Å². The zero-order valence-electron chi connectivity index (χ0n) is 57.1. The lowest BCUT2D eigenvalue weighted by Gasteiger charge is -2.32. The largest absolute Gasteiger partial charge is 0.508 e. The Labute approximate surface area is 592 Å². The van der Waals surface area contributed by atoms with Crippen LogP contribution in [-0.2, 0) is 85.9 Å². The number of H-pyrrole nitrogens is 1. The summed E-state index contributed by atoms with van der Waals surface area (Å²) in [5, 5.41) is 58.4. The number of benzene rings is 3. The first-order valence-corrected chi connectivity index (χ1v) is 35.0. The van der Waals surface area contributed by atoms with Crippen molar-refractivity contribution in [3.05, 3.63) is 105 Å². The average molecular weight is 1450 g/mol. The third-order valence-electron chi connectivity index (χ3n) is 18.8. The number of hydrogen-bond acceptors (Lipinski definition) is 22. The standard InChI is InChI=1S/C70H83N11O21S/c1-5-36(2)63-67(96)73-31-46(84)25-42-35-103(101)68-50(48-17-15-45(83)28-51(48)76-68)26-41(55(86)18-19-60(91)77-63)27-56(87)64(78-66(95)54-29-47(85)33-80(54)69(97)52(30-59(71)90)75-65(42)94)37(3)58(89)34-102-70(98)74-43-13-11-40(12-14-43)38(4)72-32-57(88)49-16-10-39(24-53(49)81(99)100)23-44(82)9-7-6-8-22-79-61(92)20-21-62(79)93/h10-17,20-21,24,28,36-37,41-42,47,52,54,58,63-64,76,83,85,89H,5-9,18-19,22-23,25-27,29-35H2,1-4H3,(H2,71,90)(H,73,96)(H,74,98)(H,75,94)(H,77,91)(H,78,95)/t36-,37-,41-,42-,47-,52+,54+,58-,63+,64+,103?/m1/s1. The number of nitro groups is 1. The number of aliphatic hydroxyl groups excluding tert-OH is 2. The van der Waals surface area contributed by atoms with E-state index in [0.717, 1.165) is 15.9 Å². The lowest BCUT2D eigenvalue weighted by Crippen LogP contribution is -2.58. The molecule has 5 heterocycles. The number of aromatic nitrogens is 1. The number of rotatable bonds is 22. The van der Waals surface area contributed by atoms with E-state index in [1.807, 2.05) is 0 Å². The number of ketones is 5. The Balaban J connectivity index is 1.00. The van der Waals surface area contributed by atoms with Gasteiger partial charge in [-0.2, -0.15) is 0 Å². The molecule has 4 aliphatic rings. The number of phenols is 1. The van der Waals surface area contributed by atoms with Gasteiger partial charge in [0, 0.05) is 117 Å². The molecule has 0 spiro atoms. The van der Waals surface area contributed by atoms with Crippen LogP contribution in [0.15, 0.2) is 82.8 Å². The molecule has 0 aliphatic carbocycles. The lowest BCUT2D eigenvalue weighted by molar-refractivity contribution is -0.385. The summed E-state index contributed by atoms with van der Waals surface area (Å²) in [4.78, 5) is 212. The Hall–Kier alpha value is -10.5. The topological polar surface area (TPSA) is 490 Å². The van der Waals surface area contributed by atoms with E-state index in [4.69, 9.17) is 10.5 Å². The van der Waals surface area contributed by atoms with E-state index in [-0.39, 0.29) is 63.7 Å². The van der Waals surface area contributed by atoms with Crippen LogP contribution in [0, 0.1) is 33.8 Å². The smallest absolute Gasteiger partial charge is 0.411 e. The summed E-state index contributed by atoms with van der Waals surface area (Å²) in [6.45, 7) is 3.89. The number of carbonyl (C=O) groups excluding carboxylic acids is 14. The van der Waals surface area contributed by atoms with Crippen molar-refractivity contribution in [2.24, 2.45) is 34.4 Å². The maximum absolute atomic E-state index is 15.3. The molecule has 0 radical (unpaired) electrons. The van der Waals surface area contributed by atoms with Crippen molar-refractivity contribution in [3.8, 4) is 5.75 Å². The first kappa shape index (κ1) is 78.2. The molecule has 1 fully saturated rings. The fourth-order valence-electron chi connectivity index (χ4n) is 12.7. The number of nitro benzene ring substituents is 1. The van der Waals surface area contributed by atoms with Crippen LogP contribution >= 0.6 is 0 Å².